The molecule has 156 valence electrons. The van der Waals surface area contributed by atoms with E-state index in [1.165, 1.54) is 12.3 Å². The van der Waals surface area contributed by atoms with Gasteiger partial charge in [-0.25, -0.2) is 4.39 Å². The highest BCUT2D eigenvalue weighted by Crippen LogP contribution is 2.24. The summed E-state index contributed by atoms with van der Waals surface area (Å²) in [5.41, 5.74) is 1.80. The van der Waals surface area contributed by atoms with Crippen molar-refractivity contribution in [1.29, 1.82) is 0 Å². The maximum Gasteiger partial charge on any atom is 0.191 e. The molecule has 30 heavy (non-hydrogen) atoms. The fourth-order valence-corrected chi connectivity index (χ4v) is 2.91. The van der Waals surface area contributed by atoms with Crippen LogP contribution in [0.4, 0.5) is 4.39 Å². The molecular weight excluding hydrogens is 383 g/mol. The highest BCUT2D eigenvalue weighted by molar-refractivity contribution is 5.79. The maximum absolute atomic E-state index is 14.4. The molecule has 0 aliphatic carbocycles. The third-order valence-electron chi connectivity index (χ3n) is 4.55. The molecule has 2 aromatic carbocycles. The first kappa shape index (κ1) is 21.3. The van der Waals surface area contributed by atoms with E-state index in [0.717, 1.165) is 11.1 Å². The quantitative estimate of drug-likeness (QED) is 0.393. The number of aliphatic imine (C=N–C) groups is 1. The van der Waals surface area contributed by atoms with Crippen LogP contribution in [0, 0.1) is 5.82 Å². The number of benzene rings is 2. The number of aliphatic hydroxyl groups is 1. The number of halogens is 1. The zero-order valence-corrected chi connectivity index (χ0v) is 16.8. The summed E-state index contributed by atoms with van der Waals surface area (Å²) in [4.78, 5) is 8.13. The van der Waals surface area contributed by atoms with Gasteiger partial charge in [0.15, 0.2) is 17.5 Å². The lowest BCUT2D eigenvalue weighted by molar-refractivity contribution is 0.265. The standard InChI is InChI=1S/C23H25FN4O2/c1-25-23(28-14-19(16-29)18-6-3-2-4-7-18)27-13-17-9-10-22(21(24)12-17)30-20-8-5-11-26-15-20/h2-12,15,19,29H,13-14,16H2,1H3,(H2,25,27,28). The van der Waals surface area contributed by atoms with Crippen molar-refractivity contribution in [3.05, 3.63) is 90.0 Å². The highest BCUT2D eigenvalue weighted by Gasteiger charge is 2.11. The van der Waals surface area contributed by atoms with E-state index in [9.17, 15) is 9.50 Å². The maximum atomic E-state index is 14.4. The molecule has 3 aromatic rings. The lowest BCUT2D eigenvalue weighted by Crippen LogP contribution is -2.39. The van der Waals surface area contributed by atoms with E-state index >= 15 is 0 Å². The molecule has 1 unspecified atom stereocenters. The van der Waals surface area contributed by atoms with Crippen LogP contribution in [0.25, 0.3) is 0 Å². The van der Waals surface area contributed by atoms with Crippen molar-refractivity contribution in [2.75, 3.05) is 20.2 Å². The van der Waals surface area contributed by atoms with E-state index in [0.29, 0.717) is 24.8 Å². The van der Waals surface area contributed by atoms with Gasteiger partial charge >= 0.3 is 0 Å². The van der Waals surface area contributed by atoms with Gasteiger partial charge in [-0.1, -0.05) is 36.4 Å². The Bertz CT molecular complexity index is 952. The van der Waals surface area contributed by atoms with Crippen LogP contribution in [0.5, 0.6) is 11.5 Å². The number of hydrogen-bond donors (Lipinski definition) is 3. The molecule has 0 bridgehead atoms. The van der Waals surface area contributed by atoms with E-state index < -0.39 is 5.82 Å². The molecule has 1 aromatic heterocycles. The van der Waals surface area contributed by atoms with E-state index in [2.05, 4.69) is 20.6 Å². The Labute approximate surface area is 175 Å². The Morgan fingerprint density at radius 2 is 1.97 bits per heavy atom. The van der Waals surface area contributed by atoms with Crippen LogP contribution in [0.2, 0.25) is 0 Å². The lowest BCUT2D eigenvalue weighted by Gasteiger charge is -2.18. The van der Waals surface area contributed by atoms with Gasteiger partial charge in [-0.15, -0.1) is 0 Å². The Balaban J connectivity index is 1.54. The SMILES string of the molecule is CN=C(NCc1ccc(Oc2cccnc2)c(F)c1)NCC(CO)c1ccccc1. The van der Waals surface area contributed by atoms with Crippen LogP contribution in [-0.2, 0) is 6.54 Å². The largest absolute Gasteiger partial charge is 0.453 e. The molecule has 0 aliphatic heterocycles. The molecule has 0 amide bonds. The summed E-state index contributed by atoms with van der Waals surface area (Å²) in [6, 6.07) is 18.0. The number of pyridine rings is 1. The van der Waals surface area contributed by atoms with Gasteiger partial charge in [0.25, 0.3) is 0 Å². The summed E-state index contributed by atoms with van der Waals surface area (Å²) in [5, 5.41) is 16.0. The summed E-state index contributed by atoms with van der Waals surface area (Å²) in [6.45, 7) is 0.933. The van der Waals surface area contributed by atoms with Crippen molar-refractivity contribution in [2.45, 2.75) is 12.5 Å². The third kappa shape index (κ3) is 6.02. The van der Waals surface area contributed by atoms with E-state index in [-0.39, 0.29) is 18.3 Å². The van der Waals surface area contributed by atoms with Crippen LogP contribution in [0.15, 0.2) is 78.0 Å². The van der Waals surface area contributed by atoms with Gasteiger partial charge in [-0.2, -0.15) is 0 Å². The van der Waals surface area contributed by atoms with Crippen molar-refractivity contribution < 1.29 is 14.2 Å². The smallest absolute Gasteiger partial charge is 0.191 e. The monoisotopic (exact) mass is 408 g/mol. The zero-order valence-electron chi connectivity index (χ0n) is 16.8. The predicted molar refractivity (Wildman–Crippen MR) is 115 cm³/mol. The van der Waals surface area contributed by atoms with Gasteiger partial charge in [0.1, 0.15) is 5.75 Å². The predicted octanol–water partition coefficient (Wildman–Crippen LogP) is 3.45. The minimum atomic E-state index is -0.453. The zero-order chi connectivity index (χ0) is 21.2. The average Bonchev–Trinajstić information content (AvgIpc) is 2.79. The second-order valence-electron chi connectivity index (χ2n) is 6.65. The Hall–Kier alpha value is -3.45. The number of guanidine groups is 1. The minimum absolute atomic E-state index is 0.0254. The van der Waals surface area contributed by atoms with E-state index in [1.807, 2.05) is 30.3 Å². The molecule has 3 N–H and O–H groups in total. The normalized spacial score (nSPS) is 12.3. The Morgan fingerprint density at radius 1 is 1.13 bits per heavy atom. The molecule has 1 atom stereocenters. The molecule has 3 rings (SSSR count). The average molecular weight is 408 g/mol. The summed E-state index contributed by atoms with van der Waals surface area (Å²) in [6.07, 6.45) is 3.15. The molecule has 1 heterocycles. The number of nitrogens with one attached hydrogen (secondary N) is 2. The molecule has 0 aliphatic rings. The van der Waals surface area contributed by atoms with Gasteiger partial charge in [0.2, 0.25) is 0 Å². The van der Waals surface area contributed by atoms with Gasteiger partial charge in [0.05, 0.1) is 12.8 Å². The van der Waals surface area contributed by atoms with Crippen molar-refractivity contribution in [2.24, 2.45) is 4.99 Å². The lowest BCUT2D eigenvalue weighted by atomic mass is 10.0. The fourth-order valence-electron chi connectivity index (χ4n) is 2.91. The summed E-state index contributed by atoms with van der Waals surface area (Å²) in [7, 11) is 1.66. The number of hydrogen-bond acceptors (Lipinski definition) is 4. The van der Waals surface area contributed by atoms with Gasteiger partial charge < -0.3 is 20.5 Å². The van der Waals surface area contributed by atoms with Gasteiger partial charge in [0, 0.05) is 32.3 Å². The second-order valence-corrected chi connectivity index (χ2v) is 6.65. The first-order chi connectivity index (χ1) is 14.7. The molecule has 0 spiro atoms. The number of ether oxygens (including phenoxy) is 1. The van der Waals surface area contributed by atoms with E-state index in [4.69, 9.17) is 4.74 Å². The number of aliphatic hydroxyl groups excluding tert-OH is 1. The highest BCUT2D eigenvalue weighted by atomic mass is 19.1. The second kappa shape index (κ2) is 10.9. The topological polar surface area (TPSA) is 78.8 Å². The molecule has 0 saturated carbocycles. The molecule has 6 nitrogen and oxygen atoms in total. The third-order valence-corrected chi connectivity index (χ3v) is 4.55. The van der Waals surface area contributed by atoms with Crippen LogP contribution >= 0.6 is 0 Å². The minimum Gasteiger partial charge on any atom is -0.453 e. The first-order valence-corrected chi connectivity index (χ1v) is 9.66. The van der Waals surface area contributed by atoms with Crippen molar-refractivity contribution in [1.82, 2.24) is 15.6 Å². The molecule has 0 radical (unpaired) electrons. The number of aromatic nitrogens is 1. The van der Waals surface area contributed by atoms with Crippen molar-refractivity contribution >= 4 is 5.96 Å². The number of nitrogens with zero attached hydrogens (tertiary/aromatic N) is 2. The Kier molecular flexibility index (Phi) is 7.74. The van der Waals surface area contributed by atoms with Crippen LogP contribution < -0.4 is 15.4 Å². The molecule has 7 heteroatoms. The Morgan fingerprint density at radius 3 is 2.63 bits per heavy atom. The number of rotatable bonds is 8. The first-order valence-electron chi connectivity index (χ1n) is 9.66. The van der Waals surface area contributed by atoms with Crippen molar-refractivity contribution in [3.8, 4) is 11.5 Å². The van der Waals surface area contributed by atoms with Crippen molar-refractivity contribution in [3.63, 3.8) is 0 Å². The molecule has 0 fully saturated rings. The summed E-state index contributed by atoms with van der Waals surface area (Å²) in [5.74, 6) is 0.684. The summed E-state index contributed by atoms with van der Waals surface area (Å²) < 4.78 is 19.9. The van der Waals surface area contributed by atoms with Crippen LogP contribution in [-0.4, -0.2) is 36.2 Å². The van der Waals surface area contributed by atoms with Crippen LogP contribution in [0.1, 0.15) is 17.0 Å². The van der Waals surface area contributed by atoms with Crippen LogP contribution in [0.3, 0.4) is 0 Å². The molecular formula is C23H25FN4O2. The van der Waals surface area contributed by atoms with Gasteiger partial charge in [-0.05, 0) is 35.4 Å². The fraction of sp³-hybridized carbons (Fsp3) is 0.217. The summed E-state index contributed by atoms with van der Waals surface area (Å²) >= 11 is 0. The van der Waals surface area contributed by atoms with Gasteiger partial charge in [-0.3, -0.25) is 9.98 Å². The van der Waals surface area contributed by atoms with E-state index in [1.54, 1.807) is 37.5 Å². The molecule has 0 saturated heterocycles.